The smallest absolute Gasteiger partial charge is 0.240 e. The van der Waals surface area contributed by atoms with E-state index < -0.39 is 5.41 Å². The first-order valence-corrected chi connectivity index (χ1v) is 6.41. The van der Waals surface area contributed by atoms with E-state index in [2.05, 4.69) is 37.2 Å². The van der Waals surface area contributed by atoms with Crippen LogP contribution in [0, 0.1) is 16.7 Å². The number of carbonyl (C=O) groups is 1. The van der Waals surface area contributed by atoms with Crippen molar-refractivity contribution in [2.24, 2.45) is 5.41 Å². The molecule has 0 aromatic carbocycles. The van der Waals surface area contributed by atoms with Gasteiger partial charge in [0.2, 0.25) is 5.91 Å². The zero-order chi connectivity index (χ0) is 12.9. The molecule has 1 saturated carbocycles. The number of unbranched alkanes of at least 4 members (excludes halogenated alkanes) is 1. The average molecular weight is 237 g/mol. The summed E-state index contributed by atoms with van der Waals surface area (Å²) in [6, 6.07) is 2.67. The van der Waals surface area contributed by atoms with E-state index in [1.54, 1.807) is 0 Å². The molecule has 0 radical (unpaired) electrons. The first kappa shape index (κ1) is 14.0. The largest absolute Gasteiger partial charge is 0.355 e. The molecule has 0 spiro atoms. The Bertz CT molecular complexity index is 302. The minimum Gasteiger partial charge on any atom is -0.355 e. The maximum Gasteiger partial charge on any atom is 0.240 e. The van der Waals surface area contributed by atoms with Crippen molar-refractivity contribution in [3.8, 4) is 6.07 Å². The summed E-state index contributed by atoms with van der Waals surface area (Å²) in [5.74, 6) is -0.0720. The van der Waals surface area contributed by atoms with Gasteiger partial charge in [-0.3, -0.25) is 4.79 Å². The lowest BCUT2D eigenvalue weighted by Crippen LogP contribution is -2.32. The van der Waals surface area contributed by atoms with E-state index in [-0.39, 0.29) is 5.91 Å². The molecule has 4 heteroatoms. The van der Waals surface area contributed by atoms with E-state index in [9.17, 15) is 4.79 Å². The molecule has 0 aromatic heterocycles. The van der Waals surface area contributed by atoms with Gasteiger partial charge in [0.1, 0.15) is 5.41 Å². The Morgan fingerprint density at radius 3 is 2.59 bits per heavy atom. The Hall–Kier alpha value is -1.08. The quantitative estimate of drug-likeness (QED) is 0.683. The molecule has 17 heavy (non-hydrogen) atoms. The SMILES string of the molecule is CC(C)N(C)CCCCNC(=O)C1(C#N)CC1. The van der Waals surface area contributed by atoms with Crippen LogP contribution < -0.4 is 5.32 Å². The maximum atomic E-state index is 11.6. The second-order valence-corrected chi connectivity index (χ2v) is 5.23. The topological polar surface area (TPSA) is 56.1 Å². The van der Waals surface area contributed by atoms with Gasteiger partial charge < -0.3 is 10.2 Å². The van der Waals surface area contributed by atoms with Crippen LogP contribution >= 0.6 is 0 Å². The normalized spacial score (nSPS) is 16.9. The first-order valence-electron chi connectivity index (χ1n) is 6.41. The molecule has 4 nitrogen and oxygen atoms in total. The molecule has 96 valence electrons. The summed E-state index contributed by atoms with van der Waals surface area (Å²) < 4.78 is 0. The van der Waals surface area contributed by atoms with E-state index in [1.165, 1.54) is 0 Å². The number of nitriles is 1. The fourth-order valence-corrected chi connectivity index (χ4v) is 1.63. The standard InChI is InChI=1S/C13H23N3O/c1-11(2)16(3)9-5-4-8-15-12(17)13(10-14)6-7-13/h11H,4-9H2,1-3H3,(H,15,17). The number of carbonyl (C=O) groups excluding carboxylic acids is 1. The number of hydrogen-bond donors (Lipinski definition) is 1. The minimum atomic E-state index is -0.672. The Labute approximate surface area is 104 Å². The fraction of sp³-hybridized carbons (Fsp3) is 0.846. The number of nitrogens with one attached hydrogen (secondary N) is 1. The van der Waals surface area contributed by atoms with Crippen molar-refractivity contribution in [3.63, 3.8) is 0 Å². The zero-order valence-electron chi connectivity index (χ0n) is 11.1. The third-order valence-corrected chi connectivity index (χ3v) is 3.50. The van der Waals surface area contributed by atoms with Crippen LogP contribution in [0.25, 0.3) is 0 Å². The molecule has 0 saturated heterocycles. The van der Waals surface area contributed by atoms with Crippen molar-refractivity contribution in [1.29, 1.82) is 5.26 Å². The van der Waals surface area contributed by atoms with Gasteiger partial charge in [0.25, 0.3) is 0 Å². The van der Waals surface area contributed by atoms with Gasteiger partial charge in [-0.2, -0.15) is 5.26 Å². The molecule has 0 bridgehead atoms. The van der Waals surface area contributed by atoms with Crippen LogP contribution in [0.15, 0.2) is 0 Å². The van der Waals surface area contributed by atoms with Gasteiger partial charge in [-0.1, -0.05) is 0 Å². The summed E-state index contributed by atoms with van der Waals surface area (Å²) in [4.78, 5) is 13.9. The average Bonchev–Trinajstić information content (AvgIpc) is 3.08. The third kappa shape index (κ3) is 4.01. The van der Waals surface area contributed by atoms with Crippen molar-refractivity contribution in [3.05, 3.63) is 0 Å². The lowest BCUT2D eigenvalue weighted by molar-refractivity contribution is -0.124. The summed E-state index contributed by atoms with van der Waals surface area (Å²) in [5.41, 5.74) is -0.672. The second kappa shape index (κ2) is 6.02. The molecule has 1 fully saturated rings. The Morgan fingerprint density at radius 2 is 2.12 bits per heavy atom. The van der Waals surface area contributed by atoms with Gasteiger partial charge in [-0.25, -0.2) is 0 Å². The molecule has 1 aliphatic carbocycles. The van der Waals surface area contributed by atoms with E-state index >= 15 is 0 Å². The lowest BCUT2D eigenvalue weighted by Gasteiger charge is -2.20. The molecular formula is C13H23N3O. The van der Waals surface area contributed by atoms with Crippen LogP contribution in [0.1, 0.15) is 39.5 Å². The number of rotatable bonds is 7. The van der Waals surface area contributed by atoms with Gasteiger partial charge in [-0.15, -0.1) is 0 Å². The van der Waals surface area contributed by atoms with Crippen LogP contribution in [0.5, 0.6) is 0 Å². The van der Waals surface area contributed by atoms with E-state index in [1.807, 2.05) is 0 Å². The summed E-state index contributed by atoms with van der Waals surface area (Å²) in [7, 11) is 2.11. The molecule has 1 aliphatic rings. The van der Waals surface area contributed by atoms with Crippen molar-refractivity contribution in [2.75, 3.05) is 20.1 Å². The predicted octanol–water partition coefficient (Wildman–Crippen LogP) is 1.53. The summed E-state index contributed by atoms with van der Waals surface area (Å²) in [6.07, 6.45) is 3.51. The van der Waals surface area contributed by atoms with Gasteiger partial charge in [-0.05, 0) is 53.1 Å². The Balaban J connectivity index is 2.06. The predicted molar refractivity (Wildman–Crippen MR) is 67.3 cm³/mol. The highest BCUT2D eigenvalue weighted by Crippen LogP contribution is 2.44. The second-order valence-electron chi connectivity index (χ2n) is 5.23. The first-order chi connectivity index (χ1) is 8.02. The van der Waals surface area contributed by atoms with Gasteiger partial charge >= 0.3 is 0 Å². The fourth-order valence-electron chi connectivity index (χ4n) is 1.63. The minimum absolute atomic E-state index is 0.0720. The third-order valence-electron chi connectivity index (χ3n) is 3.50. The molecule has 0 aliphatic heterocycles. The maximum absolute atomic E-state index is 11.6. The van der Waals surface area contributed by atoms with Crippen molar-refractivity contribution >= 4 is 5.91 Å². The summed E-state index contributed by atoms with van der Waals surface area (Å²) >= 11 is 0. The molecule has 1 amide bonds. The number of nitrogens with zero attached hydrogens (tertiary/aromatic N) is 2. The van der Waals surface area contributed by atoms with Crippen molar-refractivity contribution in [1.82, 2.24) is 10.2 Å². The van der Waals surface area contributed by atoms with Crippen LogP contribution in [0.3, 0.4) is 0 Å². The monoisotopic (exact) mass is 237 g/mol. The van der Waals surface area contributed by atoms with Crippen LogP contribution in [-0.2, 0) is 4.79 Å². The van der Waals surface area contributed by atoms with Gasteiger partial charge in [0, 0.05) is 12.6 Å². The van der Waals surface area contributed by atoms with Gasteiger partial charge in [0.15, 0.2) is 0 Å². The Kier molecular flexibility index (Phi) is 4.95. The van der Waals surface area contributed by atoms with Crippen molar-refractivity contribution in [2.45, 2.75) is 45.6 Å². The number of hydrogen-bond acceptors (Lipinski definition) is 3. The molecule has 1 N–H and O–H groups in total. The Morgan fingerprint density at radius 1 is 1.47 bits per heavy atom. The van der Waals surface area contributed by atoms with E-state index in [0.717, 1.165) is 32.2 Å². The number of amides is 1. The van der Waals surface area contributed by atoms with E-state index in [0.29, 0.717) is 12.6 Å². The zero-order valence-corrected chi connectivity index (χ0v) is 11.1. The molecule has 1 rings (SSSR count). The highest BCUT2D eigenvalue weighted by Gasteiger charge is 2.50. The highest BCUT2D eigenvalue weighted by molar-refractivity contribution is 5.88. The van der Waals surface area contributed by atoms with Gasteiger partial charge in [0.05, 0.1) is 6.07 Å². The van der Waals surface area contributed by atoms with Crippen molar-refractivity contribution < 1.29 is 4.79 Å². The van der Waals surface area contributed by atoms with Crippen LogP contribution in [0.2, 0.25) is 0 Å². The summed E-state index contributed by atoms with van der Waals surface area (Å²) in [5, 5.41) is 11.7. The molecule has 0 atom stereocenters. The van der Waals surface area contributed by atoms with Crippen LogP contribution in [0.4, 0.5) is 0 Å². The highest BCUT2D eigenvalue weighted by atomic mass is 16.2. The molecular weight excluding hydrogens is 214 g/mol. The lowest BCUT2D eigenvalue weighted by atomic mass is 10.1. The molecule has 0 heterocycles. The van der Waals surface area contributed by atoms with E-state index in [4.69, 9.17) is 5.26 Å². The summed E-state index contributed by atoms with van der Waals surface area (Å²) in [6.45, 7) is 6.09. The molecule has 0 unspecified atom stereocenters. The molecule has 0 aromatic rings. The van der Waals surface area contributed by atoms with Crippen LogP contribution in [-0.4, -0.2) is 37.0 Å².